The molecule has 88 valence electrons. The van der Waals surface area contributed by atoms with Crippen LogP contribution in [0.5, 0.6) is 0 Å². The van der Waals surface area contributed by atoms with Gasteiger partial charge in [-0.2, -0.15) is 0 Å². The van der Waals surface area contributed by atoms with E-state index in [2.05, 4.69) is 10.0 Å². The van der Waals surface area contributed by atoms with E-state index in [9.17, 15) is 10.1 Å². The fourth-order valence-electron chi connectivity index (χ4n) is 1.36. The monoisotopic (exact) mass is 232 g/mol. The van der Waals surface area contributed by atoms with Crippen LogP contribution in [0.4, 0.5) is 5.69 Å². The molecule has 1 rings (SSSR count). The van der Waals surface area contributed by atoms with Crippen LogP contribution in [0.2, 0.25) is 0 Å². The van der Waals surface area contributed by atoms with Crippen molar-refractivity contribution >= 4 is 11.8 Å². The quantitative estimate of drug-likeness (QED) is 0.194. The van der Waals surface area contributed by atoms with Gasteiger partial charge >= 0.3 is 0 Å². The lowest BCUT2D eigenvalue weighted by Gasteiger charge is -1.99. The lowest BCUT2D eigenvalue weighted by atomic mass is 10.1. The van der Waals surface area contributed by atoms with E-state index < -0.39 is 4.92 Å². The molecule has 0 radical (unpaired) electrons. The van der Waals surface area contributed by atoms with Gasteiger partial charge in [-0.25, -0.2) is 0 Å². The Balaban J connectivity index is 2.84. The number of azide groups is 1. The lowest BCUT2D eigenvalue weighted by Crippen LogP contribution is -1.91. The Bertz CT molecular complexity index is 490. The molecule has 0 atom stereocenters. The minimum atomic E-state index is -0.410. The Morgan fingerprint density at radius 3 is 3.00 bits per heavy atom. The smallest absolute Gasteiger partial charge is 0.258 e. The molecule has 0 fully saturated rings. The first-order valence-corrected chi connectivity index (χ1v) is 5.07. The normalized spacial score (nSPS) is 10.2. The number of hydrogen-bond acceptors (Lipinski definition) is 3. The van der Waals surface area contributed by atoms with Gasteiger partial charge in [-0.15, -0.1) is 0 Å². The molecule has 0 unspecified atom stereocenters. The third kappa shape index (κ3) is 3.96. The molecular weight excluding hydrogens is 220 g/mol. The molecule has 0 amide bonds. The molecule has 6 nitrogen and oxygen atoms in total. The molecule has 0 aliphatic carbocycles. The van der Waals surface area contributed by atoms with Crippen molar-refractivity contribution < 1.29 is 4.92 Å². The van der Waals surface area contributed by atoms with E-state index >= 15 is 0 Å². The highest BCUT2D eigenvalue weighted by Crippen LogP contribution is 2.21. The number of nitrogens with zero attached hydrogens (tertiary/aromatic N) is 4. The maximum Gasteiger partial charge on any atom is 0.276 e. The molecule has 6 heteroatoms. The molecule has 0 spiro atoms. The summed E-state index contributed by atoms with van der Waals surface area (Å²) in [6.45, 7) is 2.23. The van der Waals surface area contributed by atoms with Crippen LogP contribution in [-0.2, 0) is 0 Å². The maximum absolute atomic E-state index is 10.8. The molecule has 0 aliphatic rings. The zero-order valence-corrected chi connectivity index (χ0v) is 9.41. The van der Waals surface area contributed by atoms with Gasteiger partial charge in [0.1, 0.15) is 0 Å². The number of hydrogen-bond donors (Lipinski definition) is 0. The standard InChI is InChI=1S/C11H12N4O2/c1-9-5-6-11(15(16)17)10(8-9)4-2-3-7-13-14-12/h2,4-6,8H,3,7H2,1H3. The highest BCUT2D eigenvalue weighted by molar-refractivity contribution is 5.61. The van der Waals surface area contributed by atoms with Crippen LogP contribution in [0.3, 0.4) is 0 Å². The summed E-state index contributed by atoms with van der Waals surface area (Å²) in [5.41, 5.74) is 9.69. The Morgan fingerprint density at radius 2 is 2.35 bits per heavy atom. The van der Waals surface area contributed by atoms with Gasteiger partial charge in [0, 0.05) is 17.5 Å². The molecule has 0 aliphatic heterocycles. The first-order valence-electron chi connectivity index (χ1n) is 5.07. The summed E-state index contributed by atoms with van der Waals surface area (Å²) in [5, 5.41) is 14.1. The van der Waals surface area contributed by atoms with Gasteiger partial charge in [0.25, 0.3) is 5.69 Å². The van der Waals surface area contributed by atoms with Crippen molar-refractivity contribution in [2.75, 3.05) is 6.54 Å². The molecule has 0 saturated carbocycles. The minimum absolute atomic E-state index is 0.0793. The zero-order chi connectivity index (χ0) is 12.7. The highest BCUT2D eigenvalue weighted by atomic mass is 16.6. The Kier molecular flexibility index (Phi) is 4.72. The second-order valence-corrected chi connectivity index (χ2v) is 3.46. The number of benzene rings is 1. The largest absolute Gasteiger partial charge is 0.276 e. The van der Waals surface area contributed by atoms with E-state index in [0.717, 1.165) is 5.56 Å². The van der Waals surface area contributed by atoms with E-state index in [1.165, 1.54) is 6.07 Å². The maximum atomic E-state index is 10.8. The van der Waals surface area contributed by atoms with Crippen molar-refractivity contribution in [3.63, 3.8) is 0 Å². The van der Waals surface area contributed by atoms with Gasteiger partial charge in [-0.3, -0.25) is 10.1 Å². The van der Waals surface area contributed by atoms with Crippen LogP contribution in [0.15, 0.2) is 29.4 Å². The van der Waals surface area contributed by atoms with Gasteiger partial charge in [-0.05, 0) is 24.9 Å². The number of aryl methyl sites for hydroxylation is 1. The summed E-state index contributed by atoms with van der Waals surface area (Å²) in [7, 11) is 0. The molecule has 1 aromatic rings. The topological polar surface area (TPSA) is 91.9 Å². The third-order valence-electron chi connectivity index (χ3n) is 2.14. The SMILES string of the molecule is Cc1ccc([N+](=O)[O-])c(C=CCCN=[N+]=[N-])c1. The van der Waals surface area contributed by atoms with Crippen molar-refractivity contribution in [3.05, 3.63) is 56.0 Å². The molecule has 0 saturated heterocycles. The third-order valence-corrected chi connectivity index (χ3v) is 2.14. The van der Waals surface area contributed by atoms with Gasteiger partial charge in [-0.1, -0.05) is 28.9 Å². The summed E-state index contributed by atoms with van der Waals surface area (Å²) in [6, 6.07) is 4.94. The van der Waals surface area contributed by atoms with E-state index in [4.69, 9.17) is 5.53 Å². The van der Waals surface area contributed by atoms with E-state index in [1.807, 2.05) is 6.92 Å². The van der Waals surface area contributed by atoms with E-state index in [0.29, 0.717) is 18.5 Å². The average molecular weight is 232 g/mol. The average Bonchev–Trinajstić information content (AvgIpc) is 2.28. The lowest BCUT2D eigenvalue weighted by molar-refractivity contribution is -0.385. The summed E-state index contributed by atoms with van der Waals surface area (Å²) in [5.74, 6) is 0. The molecule has 1 aromatic carbocycles. The Hall–Kier alpha value is -2.33. The summed E-state index contributed by atoms with van der Waals surface area (Å²) in [4.78, 5) is 13.0. The van der Waals surface area contributed by atoms with E-state index in [-0.39, 0.29) is 5.69 Å². The van der Waals surface area contributed by atoms with Gasteiger partial charge in [0.05, 0.1) is 10.5 Å². The van der Waals surface area contributed by atoms with Crippen LogP contribution in [-0.4, -0.2) is 11.5 Å². The van der Waals surface area contributed by atoms with Crippen molar-refractivity contribution in [2.24, 2.45) is 5.11 Å². The molecular formula is C11H12N4O2. The van der Waals surface area contributed by atoms with Crippen LogP contribution in [0, 0.1) is 17.0 Å². The van der Waals surface area contributed by atoms with Crippen molar-refractivity contribution in [2.45, 2.75) is 13.3 Å². The number of nitro groups is 1. The second-order valence-electron chi connectivity index (χ2n) is 3.46. The van der Waals surface area contributed by atoms with Crippen LogP contribution >= 0.6 is 0 Å². The predicted molar refractivity (Wildman–Crippen MR) is 65.5 cm³/mol. The molecule has 0 aromatic heterocycles. The van der Waals surface area contributed by atoms with Gasteiger partial charge < -0.3 is 0 Å². The molecule has 17 heavy (non-hydrogen) atoms. The Morgan fingerprint density at radius 1 is 1.59 bits per heavy atom. The first kappa shape index (κ1) is 12.7. The molecule has 0 bridgehead atoms. The fourth-order valence-corrected chi connectivity index (χ4v) is 1.36. The van der Waals surface area contributed by atoms with Crippen LogP contribution < -0.4 is 0 Å². The zero-order valence-electron chi connectivity index (χ0n) is 9.41. The first-order chi connectivity index (χ1) is 8.15. The van der Waals surface area contributed by atoms with Crippen molar-refractivity contribution in [3.8, 4) is 0 Å². The molecule has 0 N–H and O–H groups in total. The predicted octanol–water partition coefficient (Wildman–Crippen LogP) is 3.62. The summed E-state index contributed by atoms with van der Waals surface area (Å²) >= 11 is 0. The number of rotatable bonds is 5. The fraction of sp³-hybridized carbons (Fsp3) is 0.273. The van der Waals surface area contributed by atoms with Crippen LogP contribution in [0.1, 0.15) is 17.5 Å². The Labute approximate surface area is 98.4 Å². The van der Waals surface area contributed by atoms with Crippen molar-refractivity contribution in [1.29, 1.82) is 0 Å². The summed E-state index contributed by atoms with van der Waals surface area (Å²) in [6.07, 6.45) is 4.00. The number of nitro benzene ring substituents is 1. The minimum Gasteiger partial charge on any atom is -0.258 e. The van der Waals surface area contributed by atoms with Gasteiger partial charge in [0.2, 0.25) is 0 Å². The van der Waals surface area contributed by atoms with Gasteiger partial charge in [0.15, 0.2) is 0 Å². The molecule has 0 heterocycles. The summed E-state index contributed by atoms with van der Waals surface area (Å²) < 4.78 is 0. The van der Waals surface area contributed by atoms with E-state index in [1.54, 1.807) is 24.3 Å². The highest BCUT2D eigenvalue weighted by Gasteiger charge is 2.10. The van der Waals surface area contributed by atoms with Crippen molar-refractivity contribution in [1.82, 2.24) is 0 Å². The van der Waals surface area contributed by atoms with Crippen LogP contribution in [0.25, 0.3) is 16.5 Å². The second kappa shape index (κ2) is 6.30.